The zero-order valence-corrected chi connectivity index (χ0v) is 11.9. The third-order valence-electron chi connectivity index (χ3n) is 4.73. The van der Waals surface area contributed by atoms with Gasteiger partial charge in [0.2, 0.25) is 5.91 Å². The van der Waals surface area contributed by atoms with E-state index in [9.17, 15) is 4.79 Å². The molecule has 2 heterocycles. The number of likely N-dealkylation sites (tertiary alicyclic amines) is 1. The summed E-state index contributed by atoms with van der Waals surface area (Å²) in [7, 11) is 0. The number of amides is 1. The fraction of sp³-hybridized carbons (Fsp3) is 0.733. The topological polar surface area (TPSA) is 38.1 Å². The summed E-state index contributed by atoms with van der Waals surface area (Å²) >= 11 is 0. The maximum Gasteiger partial charge on any atom is 0.219 e. The molecule has 3 rings (SSSR count). The van der Waals surface area contributed by atoms with Gasteiger partial charge in [-0.15, -0.1) is 0 Å². The van der Waals surface area contributed by atoms with Crippen molar-refractivity contribution in [1.82, 2.24) is 14.5 Å². The molecule has 2 fully saturated rings. The summed E-state index contributed by atoms with van der Waals surface area (Å²) in [5.41, 5.74) is 1.27. The fourth-order valence-electron chi connectivity index (χ4n) is 3.24. The van der Waals surface area contributed by atoms with Gasteiger partial charge in [0, 0.05) is 44.4 Å². The van der Waals surface area contributed by atoms with Gasteiger partial charge in [-0.2, -0.15) is 0 Å². The number of aryl methyl sites for hydroxylation is 1. The van der Waals surface area contributed by atoms with E-state index >= 15 is 0 Å². The van der Waals surface area contributed by atoms with Crippen molar-refractivity contribution in [2.45, 2.75) is 52.0 Å². The molecule has 1 saturated heterocycles. The van der Waals surface area contributed by atoms with E-state index in [1.807, 2.05) is 11.1 Å². The first-order valence-corrected chi connectivity index (χ1v) is 7.42. The molecule has 4 heteroatoms. The molecule has 1 aliphatic heterocycles. The van der Waals surface area contributed by atoms with Crippen molar-refractivity contribution < 1.29 is 4.79 Å². The number of hydrogen-bond acceptors (Lipinski definition) is 2. The molecule has 1 atom stereocenters. The Hall–Kier alpha value is -1.32. The molecule has 0 bridgehead atoms. The zero-order valence-electron chi connectivity index (χ0n) is 11.9. The maximum atomic E-state index is 11.4. The largest absolute Gasteiger partial charge is 0.343 e. The second kappa shape index (κ2) is 4.99. The predicted molar refractivity (Wildman–Crippen MR) is 73.9 cm³/mol. The lowest BCUT2D eigenvalue weighted by atomic mass is 9.84. The molecule has 1 unspecified atom stereocenters. The number of hydrogen-bond donors (Lipinski definition) is 0. The second-order valence-corrected chi connectivity index (χ2v) is 6.12. The number of carbonyl (C=O) groups is 1. The number of aromatic nitrogens is 2. The molecule has 1 aliphatic carbocycles. The van der Waals surface area contributed by atoms with Crippen LogP contribution in [0.2, 0.25) is 0 Å². The van der Waals surface area contributed by atoms with Gasteiger partial charge in [0.1, 0.15) is 5.82 Å². The summed E-state index contributed by atoms with van der Waals surface area (Å²) in [4.78, 5) is 18.0. The van der Waals surface area contributed by atoms with Crippen LogP contribution in [0.4, 0.5) is 0 Å². The average molecular weight is 261 g/mol. The van der Waals surface area contributed by atoms with Crippen LogP contribution in [-0.4, -0.2) is 33.4 Å². The Kier molecular flexibility index (Phi) is 3.33. The molecule has 104 valence electrons. The number of imidazole rings is 1. The third kappa shape index (κ3) is 2.40. The van der Waals surface area contributed by atoms with Crippen molar-refractivity contribution in [1.29, 1.82) is 0 Å². The van der Waals surface area contributed by atoms with E-state index in [1.165, 1.54) is 30.8 Å². The maximum absolute atomic E-state index is 11.4. The molecule has 0 aromatic carbocycles. The van der Waals surface area contributed by atoms with E-state index in [-0.39, 0.29) is 5.91 Å². The monoisotopic (exact) mass is 261 g/mol. The highest BCUT2D eigenvalue weighted by Gasteiger charge is 2.28. The molecule has 0 N–H and O–H groups in total. The van der Waals surface area contributed by atoms with Gasteiger partial charge in [0.15, 0.2) is 0 Å². The highest BCUT2D eigenvalue weighted by Crippen LogP contribution is 2.36. The molecule has 1 aromatic rings. The number of rotatable bonds is 3. The number of carbonyl (C=O) groups excluding carboxylic acids is 1. The highest BCUT2D eigenvalue weighted by molar-refractivity contribution is 5.73. The van der Waals surface area contributed by atoms with Gasteiger partial charge in [-0.1, -0.05) is 6.42 Å². The summed E-state index contributed by atoms with van der Waals surface area (Å²) in [5.74, 6) is 2.77. The minimum atomic E-state index is 0.212. The van der Waals surface area contributed by atoms with Gasteiger partial charge in [-0.05, 0) is 32.1 Å². The smallest absolute Gasteiger partial charge is 0.219 e. The van der Waals surface area contributed by atoms with Gasteiger partial charge in [0.25, 0.3) is 0 Å². The Morgan fingerprint density at radius 3 is 2.79 bits per heavy atom. The van der Waals surface area contributed by atoms with Crippen LogP contribution in [0.15, 0.2) is 6.20 Å². The van der Waals surface area contributed by atoms with E-state index in [4.69, 9.17) is 0 Å². The van der Waals surface area contributed by atoms with Crippen molar-refractivity contribution in [2.24, 2.45) is 5.92 Å². The molecule has 0 spiro atoms. The van der Waals surface area contributed by atoms with Gasteiger partial charge < -0.3 is 9.47 Å². The second-order valence-electron chi connectivity index (χ2n) is 6.12. The van der Waals surface area contributed by atoms with Gasteiger partial charge in [-0.25, -0.2) is 4.98 Å². The molecule has 2 aliphatic rings. The standard InChI is InChI=1S/C15H23N3O/c1-11-8-16-15(14-4-3-5-14)18(11)10-13-6-7-17(9-13)12(2)19/h8,13-14H,3-7,9-10H2,1-2H3. The van der Waals surface area contributed by atoms with Crippen molar-refractivity contribution in [3.05, 3.63) is 17.7 Å². The van der Waals surface area contributed by atoms with E-state index in [0.29, 0.717) is 11.8 Å². The summed E-state index contributed by atoms with van der Waals surface area (Å²) in [5, 5.41) is 0. The highest BCUT2D eigenvalue weighted by atomic mass is 16.2. The van der Waals surface area contributed by atoms with E-state index in [2.05, 4.69) is 16.5 Å². The lowest BCUT2D eigenvalue weighted by Gasteiger charge is -2.27. The van der Waals surface area contributed by atoms with E-state index in [1.54, 1.807) is 6.92 Å². The van der Waals surface area contributed by atoms with Crippen molar-refractivity contribution >= 4 is 5.91 Å². The SMILES string of the molecule is CC(=O)N1CCC(Cn2c(C)cnc2C2CCC2)C1. The van der Waals surface area contributed by atoms with Crippen LogP contribution < -0.4 is 0 Å². The predicted octanol–water partition coefficient (Wildman–Crippen LogP) is 2.33. The molecule has 0 radical (unpaired) electrons. The zero-order chi connectivity index (χ0) is 13.4. The van der Waals surface area contributed by atoms with Gasteiger partial charge >= 0.3 is 0 Å². The lowest BCUT2D eigenvalue weighted by molar-refractivity contribution is -0.127. The average Bonchev–Trinajstić information content (AvgIpc) is 2.89. The van der Waals surface area contributed by atoms with Gasteiger partial charge in [0.05, 0.1) is 0 Å². The molecule has 1 amide bonds. The quantitative estimate of drug-likeness (QED) is 0.837. The molecular formula is C15H23N3O. The Morgan fingerprint density at radius 1 is 1.42 bits per heavy atom. The lowest BCUT2D eigenvalue weighted by Crippen LogP contribution is -2.27. The summed E-state index contributed by atoms with van der Waals surface area (Å²) in [6.45, 7) is 6.68. The first-order chi connectivity index (χ1) is 9.15. The Labute approximate surface area is 114 Å². The van der Waals surface area contributed by atoms with Crippen LogP contribution >= 0.6 is 0 Å². The summed E-state index contributed by atoms with van der Waals surface area (Å²) < 4.78 is 2.40. The minimum Gasteiger partial charge on any atom is -0.343 e. The van der Waals surface area contributed by atoms with Crippen LogP contribution in [0.5, 0.6) is 0 Å². The molecular weight excluding hydrogens is 238 g/mol. The minimum absolute atomic E-state index is 0.212. The normalized spacial score (nSPS) is 23.7. The van der Waals surface area contributed by atoms with Crippen LogP contribution in [0.1, 0.15) is 50.0 Å². The van der Waals surface area contributed by atoms with Crippen LogP contribution in [0.3, 0.4) is 0 Å². The summed E-state index contributed by atoms with van der Waals surface area (Å²) in [6, 6.07) is 0. The van der Waals surface area contributed by atoms with Crippen LogP contribution in [-0.2, 0) is 11.3 Å². The van der Waals surface area contributed by atoms with Crippen molar-refractivity contribution in [2.75, 3.05) is 13.1 Å². The fourth-order valence-corrected chi connectivity index (χ4v) is 3.24. The molecule has 19 heavy (non-hydrogen) atoms. The van der Waals surface area contributed by atoms with E-state index < -0.39 is 0 Å². The Bertz CT molecular complexity index is 476. The third-order valence-corrected chi connectivity index (χ3v) is 4.73. The molecule has 1 saturated carbocycles. The van der Waals surface area contributed by atoms with Crippen LogP contribution in [0, 0.1) is 12.8 Å². The Morgan fingerprint density at radius 2 is 2.21 bits per heavy atom. The van der Waals surface area contributed by atoms with E-state index in [0.717, 1.165) is 26.1 Å². The summed E-state index contributed by atoms with van der Waals surface area (Å²) in [6.07, 6.45) is 7.06. The van der Waals surface area contributed by atoms with Crippen LogP contribution in [0.25, 0.3) is 0 Å². The van der Waals surface area contributed by atoms with Gasteiger partial charge in [-0.3, -0.25) is 4.79 Å². The molecule has 4 nitrogen and oxygen atoms in total. The first kappa shape index (κ1) is 12.7. The number of nitrogens with zero attached hydrogens (tertiary/aromatic N) is 3. The first-order valence-electron chi connectivity index (χ1n) is 7.42. The Balaban J connectivity index is 1.70. The van der Waals surface area contributed by atoms with Crippen molar-refractivity contribution in [3.8, 4) is 0 Å². The van der Waals surface area contributed by atoms with Crippen molar-refractivity contribution in [3.63, 3.8) is 0 Å². The molecule has 1 aromatic heterocycles.